The number of benzene rings is 2. The van der Waals surface area contributed by atoms with Crippen molar-refractivity contribution in [2.24, 2.45) is 0 Å². The number of aromatic nitrogens is 1. The minimum absolute atomic E-state index is 0.0722. The van der Waals surface area contributed by atoms with Gasteiger partial charge in [0.2, 0.25) is 0 Å². The van der Waals surface area contributed by atoms with Crippen LogP contribution in [-0.2, 0) is 15.0 Å². The lowest BCUT2D eigenvalue weighted by Gasteiger charge is -2.22. The zero-order valence-corrected chi connectivity index (χ0v) is 22.1. The zero-order valence-electron chi connectivity index (χ0n) is 21.3. The van der Waals surface area contributed by atoms with Gasteiger partial charge < -0.3 is 15.0 Å². The van der Waals surface area contributed by atoms with E-state index in [2.05, 4.69) is 5.32 Å². The molecule has 1 aliphatic rings. The quantitative estimate of drug-likeness (QED) is 0.477. The van der Waals surface area contributed by atoms with Gasteiger partial charge in [-0.3, -0.25) is 9.59 Å². The number of likely N-dealkylation sites (tertiary alicyclic amines) is 1. The van der Waals surface area contributed by atoms with Crippen LogP contribution in [0.25, 0.3) is 17.0 Å². The summed E-state index contributed by atoms with van der Waals surface area (Å²) in [5, 5.41) is 3.43. The highest BCUT2D eigenvalue weighted by Gasteiger charge is 2.25. The van der Waals surface area contributed by atoms with Gasteiger partial charge in [-0.15, -0.1) is 0 Å². The summed E-state index contributed by atoms with van der Waals surface area (Å²) in [6.45, 7) is 1.19. The zero-order chi connectivity index (χ0) is 26.6. The molecule has 0 saturated carbocycles. The number of ether oxygens (including phenoxy) is 1. The van der Waals surface area contributed by atoms with Crippen LogP contribution in [0.4, 0.5) is 0 Å². The molecule has 0 atom stereocenters. The highest BCUT2D eigenvalue weighted by Crippen LogP contribution is 2.26. The van der Waals surface area contributed by atoms with Crippen molar-refractivity contribution in [2.75, 3.05) is 34.3 Å². The van der Waals surface area contributed by atoms with E-state index >= 15 is 0 Å². The predicted octanol–water partition coefficient (Wildman–Crippen LogP) is 3.48. The first-order valence-corrected chi connectivity index (χ1v) is 13.6. The number of carbonyl (C=O) groups excluding carboxylic acids is 2. The van der Waals surface area contributed by atoms with Crippen molar-refractivity contribution in [3.8, 4) is 5.75 Å². The molecule has 1 fully saturated rings. The highest BCUT2D eigenvalue weighted by molar-refractivity contribution is 7.87. The summed E-state index contributed by atoms with van der Waals surface area (Å²) < 4.78 is 33.7. The minimum Gasteiger partial charge on any atom is -0.496 e. The van der Waals surface area contributed by atoms with E-state index in [4.69, 9.17) is 4.74 Å². The van der Waals surface area contributed by atoms with E-state index in [1.807, 2.05) is 0 Å². The van der Waals surface area contributed by atoms with Crippen molar-refractivity contribution in [3.63, 3.8) is 0 Å². The topological polar surface area (TPSA) is 101 Å². The van der Waals surface area contributed by atoms with Crippen LogP contribution < -0.4 is 10.1 Å². The molecule has 0 bridgehead atoms. The van der Waals surface area contributed by atoms with Crippen molar-refractivity contribution in [1.82, 2.24) is 18.5 Å². The summed E-state index contributed by atoms with van der Waals surface area (Å²) in [4.78, 5) is 28.7. The van der Waals surface area contributed by atoms with Crippen molar-refractivity contribution in [1.29, 1.82) is 0 Å². The number of hydrogen-bond acceptors (Lipinski definition) is 5. The van der Waals surface area contributed by atoms with Crippen molar-refractivity contribution < 1.29 is 22.7 Å². The molecule has 1 aromatic heterocycles. The number of para-hydroxylation sites is 2. The summed E-state index contributed by atoms with van der Waals surface area (Å²) in [5.41, 5.74) is 1.33. The fourth-order valence-electron chi connectivity index (χ4n) is 4.43. The summed E-state index contributed by atoms with van der Waals surface area (Å²) in [6.07, 6.45) is 6.91. The first kappa shape index (κ1) is 26.4. The molecule has 0 unspecified atom stereocenters. The highest BCUT2D eigenvalue weighted by atomic mass is 32.2. The second kappa shape index (κ2) is 11.2. The fourth-order valence-corrected chi connectivity index (χ4v) is 5.44. The number of nitrogens with zero attached hydrogens (tertiary/aromatic N) is 3. The van der Waals surface area contributed by atoms with E-state index in [1.165, 1.54) is 31.4 Å². The van der Waals surface area contributed by atoms with Gasteiger partial charge in [-0.05, 0) is 37.1 Å². The Morgan fingerprint density at radius 1 is 0.973 bits per heavy atom. The SMILES string of the molecule is COc1ccccc1C(=O)NC(=Cc1cn(S(=O)(=O)N(C)C)c2ccccc12)C(=O)N1CCCCCC1. The van der Waals surface area contributed by atoms with Crippen LogP contribution in [0.2, 0.25) is 0 Å². The Morgan fingerprint density at radius 2 is 1.62 bits per heavy atom. The van der Waals surface area contributed by atoms with E-state index in [0.29, 0.717) is 35.3 Å². The molecule has 10 heteroatoms. The van der Waals surface area contributed by atoms with Gasteiger partial charge in [0.15, 0.2) is 0 Å². The van der Waals surface area contributed by atoms with Crippen LogP contribution in [0, 0.1) is 0 Å². The number of methoxy groups -OCH3 is 1. The second-order valence-corrected chi connectivity index (χ2v) is 11.1. The van der Waals surface area contributed by atoms with Gasteiger partial charge in [0.1, 0.15) is 11.4 Å². The van der Waals surface area contributed by atoms with Gasteiger partial charge in [0, 0.05) is 44.3 Å². The Balaban J connectivity index is 1.82. The number of amides is 2. The lowest BCUT2D eigenvalue weighted by molar-refractivity contribution is -0.127. The lowest BCUT2D eigenvalue weighted by atomic mass is 10.1. The third-order valence-corrected chi connectivity index (χ3v) is 8.16. The Labute approximate surface area is 217 Å². The predicted molar refractivity (Wildman–Crippen MR) is 143 cm³/mol. The van der Waals surface area contributed by atoms with Crippen molar-refractivity contribution in [3.05, 3.63) is 71.6 Å². The van der Waals surface area contributed by atoms with Gasteiger partial charge in [-0.25, -0.2) is 3.97 Å². The summed E-state index contributed by atoms with van der Waals surface area (Å²) >= 11 is 0. The molecule has 1 aliphatic heterocycles. The number of rotatable bonds is 7. The molecule has 4 rings (SSSR count). The third kappa shape index (κ3) is 5.55. The largest absolute Gasteiger partial charge is 0.496 e. The molecule has 2 heterocycles. The van der Waals surface area contributed by atoms with E-state index < -0.39 is 16.1 Å². The number of carbonyl (C=O) groups is 2. The average molecular weight is 525 g/mol. The van der Waals surface area contributed by atoms with Gasteiger partial charge in [-0.2, -0.15) is 12.7 Å². The smallest absolute Gasteiger partial charge is 0.307 e. The first-order valence-electron chi connectivity index (χ1n) is 12.2. The summed E-state index contributed by atoms with van der Waals surface area (Å²) in [7, 11) is 0.579. The maximum Gasteiger partial charge on any atom is 0.307 e. The molecular formula is C27H32N4O5S. The maximum absolute atomic E-state index is 13.7. The van der Waals surface area contributed by atoms with E-state index in [9.17, 15) is 18.0 Å². The summed E-state index contributed by atoms with van der Waals surface area (Å²) in [6, 6.07) is 13.8. The molecule has 196 valence electrons. The molecule has 3 aromatic rings. The maximum atomic E-state index is 13.7. The Kier molecular flexibility index (Phi) is 7.99. The molecule has 0 spiro atoms. The standard InChI is InChI=1S/C27H32N4O5S/c1-29(2)37(34,35)31-19-20(21-12-6-8-14-24(21)31)18-23(27(33)30-16-10-4-5-11-17-30)28-26(32)22-13-7-9-15-25(22)36-3/h6-9,12-15,18-19H,4-5,10-11,16-17H2,1-3H3,(H,28,32). The van der Waals surface area contributed by atoms with Gasteiger partial charge in [0.25, 0.3) is 11.8 Å². The molecule has 0 aliphatic carbocycles. The van der Waals surface area contributed by atoms with Crippen molar-refractivity contribution in [2.45, 2.75) is 25.7 Å². The van der Waals surface area contributed by atoms with Gasteiger partial charge in [0.05, 0.1) is 18.2 Å². The molecule has 2 aromatic carbocycles. The molecule has 0 radical (unpaired) electrons. The Hall–Kier alpha value is -3.63. The fraction of sp³-hybridized carbons (Fsp3) is 0.333. The number of fused-ring (bicyclic) bond motifs is 1. The molecule has 1 N–H and O–H groups in total. The molecule has 1 saturated heterocycles. The van der Waals surface area contributed by atoms with Gasteiger partial charge in [-0.1, -0.05) is 43.2 Å². The van der Waals surface area contributed by atoms with E-state index in [0.717, 1.165) is 30.0 Å². The number of hydrogen-bond donors (Lipinski definition) is 1. The van der Waals surface area contributed by atoms with Crippen LogP contribution in [-0.4, -0.2) is 67.7 Å². The van der Waals surface area contributed by atoms with Crippen LogP contribution in [0.5, 0.6) is 5.75 Å². The summed E-state index contributed by atoms with van der Waals surface area (Å²) in [5.74, 6) is -0.413. The van der Waals surface area contributed by atoms with Crippen LogP contribution in [0.3, 0.4) is 0 Å². The molecule has 37 heavy (non-hydrogen) atoms. The van der Waals surface area contributed by atoms with E-state index in [-0.39, 0.29) is 17.2 Å². The van der Waals surface area contributed by atoms with Crippen LogP contribution in [0.15, 0.2) is 60.4 Å². The monoisotopic (exact) mass is 524 g/mol. The lowest BCUT2D eigenvalue weighted by Crippen LogP contribution is -2.39. The number of nitrogens with one attached hydrogen (secondary N) is 1. The van der Waals surface area contributed by atoms with Crippen LogP contribution in [0.1, 0.15) is 41.6 Å². The first-order chi connectivity index (χ1) is 17.7. The van der Waals surface area contributed by atoms with Crippen molar-refractivity contribution >= 4 is 39.0 Å². The second-order valence-electron chi connectivity index (χ2n) is 9.11. The minimum atomic E-state index is -3.82. The van der Waals surface area contributed by atoms with Gasteiger partial charge >= 0.3 is 10.2 Å². The van der Waals surface area contributed by atoms with E-state index in [1.54, 1.807) is 59.5 Å². The molecule has 9 nitrogen and oxygen atoms in total. The average Bonchev–Trinajstić information content (AvgIpc) is 3.06. The molecule has 2 amide bonds. The molecular weight excluding hydrogens is 492 g/mol. The Morgan fingerprint density at radius 3 is 2.30 bits per heavy atom. The van der Waals surface area contributed by atoms with Crippen LogP contribution >= 0.6 is 0 Å². The Bertz CT molecular complexity index is 1430. The third-order valence-electron chi connectivity index (χ3n) is 6.44. The normalized spacial score (nSPS) is 15.0.